The quantitative estimate of drug-likeness (QED) is 0.382. The third kappa shape index (κ3) is 6.40. The number of rotatable bonds is 9. The van der Waals surface area contributed by atoms with Gasteiger partial charge in [0.05, 0.1) is 12.5 Å². The number of piperidine rings is 1. The first-order valence-electron chi connectivity index (χ1n) is 10.9. The van der Waals surface area contributed by atoms with Crippen molar-refractivity contribution >= 4 is 17.7 Å². The molecule has 0 aliphatic carbocycles. The summed E-state index contributed by atoms with van der Waals surface area (Å²) in [4.78, 5) is 20.5. The van der Waals surface area contributed by atoms with Crippen LogP contribution in [0.2, 0.25) is 0 Å². The molecule has 1 aromatic heterocycles. The van der Waals surface area contributed by atoms with Gasteiger partial charge >= 0.3 is 0 Å². The van der Waals surface area contributed by atoms with Crippen molar-refractivity contribution in [2.45, 2.75) is 30.7 Å². The van der Waals surface area contributed by atoms with Gasteiger partial charge in [-0.1, -0.05) is 23.4 Å². The Kier molecular flexibility index (Phi) is 7.90. The summed E-state index contributed by atoms with van der Waals surface area (Å²) in [6.07, 6.45) is 2.79. The average Bonchev–Trinajstić information content (AvgIpc) is 3.28. The number of nitrogens with zero attached hydrogens (tertiary/aromatic N) is 3. The van der Waals surface area contributed by atoms with Gasteiger partial charge in [0.1, 0.15) is 5.82 Å². The second-order valence-corrected chi connectivity index (χ2v) is 9.07. The first kappa shape index (κ1) is 22.5. The van der Waals surface area contributed by atoms with Crippen LogP contribution in [0.4, 0.5) is 4.39 Å². The van der Waals surface area contributed by atoms with Gasteiger partial charge in [0.2, 0.25) is 17.6 Å². The molecule has 1 aliphatic heterocycles. The van der Waals surface area contributed by atoms with Gasteiger partial charge in [0, 0.05) is 23.5 Å². The fourth-order valence-corrected chi connectivity index (χ4v) is 4.65. The summed E-state index contributed by atoms with van der Waals surface area (Å²) in [7, 11) is 0. The van der Waals surface area contributed by atoms with Gasteiger partial charge in [-0.05, 0) is 68.0 Å². The number of amides is 1. The Balaban J connectivity index is 1.20. The number of hydrogen-bond acceptors (Lipinski definition) is 6. The highest BCUT2D eigenvalue weighted by molar-refractivity contribution is 7.99. The van der Waals surface area contributed by atoms with Crippen molar-refractivity contribution < 1.29 is 13.7 Å². The molecular formula is C24H27FN4O2S. The second-order valence-electron chi connectivity index (χ2n) is 7.90. The van der Waals surface area contributed by atoms with E-state index < -0.39 is 0 Å². The van der Waals surface area contributed by atoms with Gasteiger partial charge in [0.15, 0.2) is 0 Å². The van der Waals surface area contributed by atoms with E-state index in [0.29, 0.717) is 36.9 Å². The molecule has 4 rings (SSSR count). The average molecular weight is 455 g/mol. The van der Waals surface area contributed by atoms with E-state index in [0.717, 1.165) is 31.6 Å². The molecule has 3 aromatic rings. The van der Waals surface area contributed by atoms with Gasteiger partial charge < -0.3 is 9.84 Å². The van der Waals surface area contributed by atoms with Gasteiger partial charge in [-0.25, -0.2) is 4.39 Å². The Bertz CT molecular complexity index is 997. The highest BCUT2D eigenvalue weighted by atomic mass is 32.2. The zero-order chi connectivity index (χ0) is 22.2. The molecule has 8 heteroatoms. The van der Waals surface area contributed by atoms with E-state index in [9.17, 15) is 9.18 Å². The summed E-state index contributed by atoms with van der Waals surface area (Å²) in [6, 6.07) is 16.3. The normalized spacial score (nSPS) is 16.7. The minimum absolute atomic E-state index is 0.0231. The van der Waals surface area contributed by atoms with Gasteiger partial charge in [-0.3, -0.25) is 9.69 Å². The lowest BCUT2D eigenvalue weighted by atomic mass is 9.97. The number of carbonyl (C=O) groups excluding carboxylic acids is 1. The molecule has 6 nitrogen and oxygen atoms in total. The van der Waals surface area contributed by atoms with Crippen molar-refractivity contribution in [3.8, 4) is 11.4 Å². The highest BCUT2D eigenvalue weighted by Gasteiger charge is 2.26. The molecule has 2 aromatic carbocycles. The molecule has 0 spiro atoms. The van der Waals surface area contributed by atoms with Crippen LogP contribution in [0.3, 0.4) is 0 Å². The maximum atomic E-state index is 13.1. The minimum Gasteiger partial charge on any atom is -0.356 e. The van der Waals surface area contributed by atoms with Gasteiger partial charge in [-0.15, -0.1) is 11.8 Å². The lowest BCUT2D eigenvalue weighted by Crippen LogP contribution is -2.43. The summed E-state index contributed by atoms with van der Waals surface area (Å²) in [6.45, 7) is 2.77. The number of likely N-dealkylation sites (tertiary alicyclic amines) is 1. The van der Waals surface area contributed by atoms with E-state index >= 15 is 0 Å². The Labute approximate surface area is 191 Å². The summed E-state index contributed by atoms with van der Waals surface area (Å²) in [5.41, 5.74) is 0.711. The number of nitrogens with one attached hydrogen (secondary N) is 1. The molecule has 168 valence electrons. The van der Waals surface area contributed by atoms with E-state index in [1.54, 1.807) is 12.1 Å². The summed E-state index contributed by atoms with van der Waals surface area (Å²) < 4.78 is 18.5. The SMILES string of the molecule is O=C(NCCCSc1ccccc1)C1CCCN(Cc2nc(-c3ccc(F)cc3)no2)C1. The van der Waals surface area contributed by atoms with Crippen molar-refractivity contribution in [1.29, 1.82) is 0 Å². The monoisotopic (exact) mass is 454 g/mol. The number of halogens is 1. The maximum Gasteiger partial charge on any atom is 0.241 e. The van der Waals surface area contributed by atoms with Crippen molar-refractivity contribution in [3.05, 3.63) is 66.3 Å². The Hall–Kier alpha value is -2.71. The first-order valence-corrected chi connectivity index (χ1v) is 11.9. The molecule has 2 heterocycles. The van der Waals surface area contributed by atoms with E-state index in [4.69, 9.17) is 4.52 Å². The molecule has 0 saturated carbocycles. The van der Waals surface area contributed by atoms with E-state index in [1.165, 1.54) is 17.0 Å². The molecule has 0 bridgehead atoms. The number of benzene rings is 2. The molecule has 0 radical (unpaired) electrons. The predicted octanol–water partition coefficient (Wildman–Crippen LogP) is 4.39. The molecule has 1 saturated heterocycles. The van der Waals surface area contributed by atoms with Crippen LogP contribution >= 0.6 is 11.8 Å². The third-order valence-electron chi connectivity index (χ3n) is 5.44. The highest BCUT2D eigenvalue weighted by Crippen LogP contribution is 2.21. The largest absolute Gasteiger partial charge is 0.356 e. The third-order valence-corrected chi connectivity index (χ3v) is 6.54. The van der Waals surface area contributed by atoms with E-state index in [-0.39, 0.29) is 17.6 Å². The maximum absolute atomic E-state index is 13.1. The number of hydrogen-bond donors (Lipinski definition) is 1. The zero-order valence-electron chi connectivity index (χ0n) is 17.9. The lowest BCUT2D eigenvalue weighted by molar-refractivity contribution is -0.126. The number of carbonyl (C=O) groups is 1. The summed E-state index contributed by atoms with van der Waals surface area (Å²) in [5.74, 6) is 1.73. The molecule has 1 atom stereocenters. The van der Waals surface area contributed by atoms with Crippen molar-refractivity contribution in [2.75, 3.05) is 25.4 Å². The van der Waals surface area contributed by atoms with Crippen LogP contribution in [-0.2, 0) is 11.3 Å². The van der Waals surface area contributed by atoms with E-state index in [2.05, 4.69) is 32.5 Å². The summed E-state index contributed by atoms with van der Waals surface area (Å²) in [5, 5.41) is 7.09. The predicted molar refractivity (Wildman–Crippen MR) is 122 cm³/mol. The smallest absolute Gasteiger partial charge is 0.241 e. The molecule has 32 heavy (non-hydrogen) atoms. The van der Waals surface area contributed by atoms with Crippen molar-refractivity contribution in [3.63, 3.8) is 0 Å². The van der Waals surface area contributed by atoms with Crippen LogP contribution in [0.25, 0.3) is 11.4 Å². The fourth-order valence-electron chi connectivity index (χ4n) is 3.77. The Morgan fingerprint density at radius 2 is 2.00 bits per heavy atom. The van der Waals surface area contributed by atoms with Crippen molar-refractivity contribution in [2.24, 2.45) is 5.92 Å². The lowest BCUT2D eigenvalue weighted by Gasteiger charge is -2.30. The van der Waals surface area contributed by atoms with Crippen LogP contribution in [0, 0.1) is 11.7 Å². The summed E-state index contributed by atoms with van der Waals surface area (Å²) >= 11 is 1.81. The molecule has 1 N–H and O–H groups in total. The number of thioether (sulfide) groups is 1. The molecular weight excluding hydrogens is 427 g/mol. The standard InChI is InChI=1S/C24H27FN4O2S/c25-20-11-9-18(10-12-20)23-27-22(31-28-23)17-29-14-4-6-19(16-29)24(30)26-13-5-15-32-21-7-2-1-3-8-21/h1-3,7-12,19H,4-6,13-17H2,(H,26,30). The molecule has 1 aliphatic rings. The van der Waals surface area contributed by atoms with Crippen LogP contribution < -0.4 is 5.32 Å². The fraction of sp³-hybridized carbons (Fsp3) is 0.375. The van der Waals surface area contributed by atoms with E-state index in [1.807, 2.05) is 30.0 Å². The topological polar surface area (TPSA) is 71.3 Å². The van der Waals surface area contributed by atoms with Crippen LogP contribution in [0.1, 0.15) is 25.2 Å². The molecule has 1 fully saturated rings. The van der Waals surface area contributed by atoms with Gasteiger partial charge in [-0.2, -0.15) is 4.98 Å². The van der Waals surface area contributed by atoms with Crippen LogP contribution in [-0.4, -0.2) is 46.3 Å². The second kappa shape index (κ2) is 11.2. The van der Waals surface area contributed by atoms with Crippen molar-refractivity contribution in [1.82, 2.24) is 20.4 Å². The number of aromatic nitrogens is 2. The Morgan fingerprint density at radius 3 is 2.81 bits per heavy atom. The first-order chi connectivity index (χ1) is 15.7. The zero-order valence-corrected chi connectivity index (χ0v) is 18.7. The van der Waals surface area contributed by atoms with Crippen LogP contribution in [0.15, 0.2) is 64.0 Å². The van der Waals surface area contributed by atoms with Gasteiger partial charge in [0.25, 0.3) is 0 Å². The Morgan fingerprint density at radius 1 is 1.19 bits per heavy atom. The molecule has 1 unspecified atom stereocenters. The van der Waals surface area contributed by atoms with Crippen LogP contribution in [0.5, 0.6) is 0 Å². The minimum atomic E-state index is -0.301. The molecule has 1 amide bonds.